The van der Waals surface area contributed by atoms with Gasteiger partial charge in [-0.1, -0.05) is 71.7 Å². The van der Waals surface area contributed by atoms with Gasteiger partial charge < -0.3 is 9.32 Å². The highest BCUT2D eigenvalue weighted by Crippen LogP contribution is 2.45. The highest BCUT2D eigenvalue weighted by molar-refractivity contribution is 6.44. The molecule has 5 rings (SSSR count). The van der Waals surface area contributed by atoms with E-state index in [0.717, 1.165) is 11.1 Å². The first-order valence-electron chi connectivity index (χ1n) is 10.6. The van der Waals surface area contributed by atoms with E-state index < -0.39 is 6.85 Å². The maximum atomic E-state index is 8.10. The van der Waals surface area contributed by atoms with Crippen LogP contribution in [0, 0.1) is 6.85 Å². The largest absolute Gasteiger partial charge is 0.461 e. The van der Waals surface area contributed by atoms with E-state index in [9.17, 15) is 0 Å². The lowest BCUT2D eigenvalue weighted by Gasteiger charge is -2.25. The zero-order valence-electron chi connectivity index (χ0n) is 18.2. The second-order valence-electron chi connectivity index (χ2n) is 6.71. The predicted molar refractivity (Wildman–Crippen MR) is 123 cm³/mol. The average molecular weight is 421 g/mol. The first-order chi connectivity index (χ1) is 15.4. The topological polar surface area (TPSA) is 16.4 Å². The molecule has 0 spiro atoms. The number of para-hydroxylation sites is 1. The molecule has 0 atom stereocenters. The van der Waals surface area contributed by atoms with Gasteiger partial charge in [0.15, 0.2) is 0 Å². The van der Waals surface area contributed by atoms with Gasteiger partial charge in [-0.25, -0.2) is 0 Å². The van der Waals surface area contributed by atoms with Crippen molar-refractivity contribution in [3.8, 4) is 0 Å². The number of rotatable bonds is 3. The standard InChI is InChI=1S/C25H17Cl2NO/c1-16-14-20-23(15-29-25(20)19-11-6-5-10-18(16)19)28(17-8-3-2-4-9-17)22-13-7-12-21(26)24(22)27/h2-15H,1H3/i1D3. The van der Waals surface area contributed by atoms with E-state index in [1.54, 1.807) is 18.4 Å². The number of fused-ring (bicyclic) bond motifs is 3. The van der Waals surface area contributed by atoms with Crippen LogP contribution in [-0.2, 0) is 0 Å². The third kappa shape index (κ3) is 2.96. The number of anilines is 3. The third-order valence-electron chi connectivity index (χ3n) is 4.99. The molecule has 0 fully saturated rings. The Kier molecular flexibility index (Phi) is 3.69. The van der Waals surface area contributed by atoms with Crippen LogP contribution < -0.4 is 4.90 Å². The number of furan rings is 1. The molecule has 0 amide bonds. The molecule has 0 aliphatic carbocycles. The fraction of sp³-hybridized carbons (Fsp3) is 0.0400. The van der Waals surface area contributed by atoms with E-state index >= 15 is 0 Å². The third-order valence-corrected chi connectivity index (χ3v) is 5.80. The molecule has 4 aromatic carbocycles. The highest BCUT2D eigenvalue weighted by atomic mass is 35.5. The molecule has 0 unspecified atom stereocenters. The van der Waals surface area contributed by atoms with E-state index in [4.69, 9.17) is 31.7 Å². The van der Waals surface area contributed by atoms with Crippen molar-refractivity contribution in [3.05, 3.63) is 101 Å². The Morgan fingerprint density at radius 3 is 2.34 bits per heavy atom. The first kappa shape index (κ1) is 15.0. The van der Waals surface area contributed by atoms with Crippen molar-refractivity contribution in [2.24, 2.45) is 0 Å². The minimum absolute atomic E-state index is 0.272. The predicted octanol–water partition coefficient (Wildman–Crippen LogP) is 8.67. The maximum absolute atomic E-state index is 8.10. The molecular weight excluding hydrogens is 401 g/mol. The van der Waals surface area contributed by atoms with E-state index in [2.05, 4.69) is 0 Å². The lowest BCUT2D eigenvalue weighted by atomic mass is 10.0. The average Bonchev–Trinajstić information content (AvgIpc) is 3.20. The molecule has 5 aromatic rings. The van der Waals surface area contributed by atoms with Crippen LogP contribution in [0.25, 0.3) is 21.7 Å². The molecule has 1 aromatic heterocycles. The second-order valence-corrected chi connectivity index (χ2v) is 7.50. The summed E-state index contributed by atoms with van der Waals surface area (Å²) in [6.45, 7) is -2.28. The van der Waals surface area contributed by atoms with Crippen molar-refractivity contribution in [2.75, 3.05) is 4.90 Å². The summed E-state index contributed by atoms with van der Waals surface area (Å²) >= 11 is 12.9. The van der Waals surface area contributed by atoms with Crippen LogP contribution in [0.4, 0.5) is 17.1 Å². The molecule has 4 heteroatoms. The maximum Gasteiger partial charge on any atom is 0.143 e. The summed E-state index contributed by atoms with van der Waals surface area (Å²) in [5, 5.41) is 2.88. The lowest BCUT2D eigenvalue weighted by Crippen LogP contribution is -2.10. The smallest absolute Gasteiger partial charge is 0.143 e. The van der Waals surface area contributed by atoms with E-state index in [-0.39, 0.29) is 5.56 Å². The zero-order chi connectivity index (χ0) is 22.5. The van der Waals surface area contributed by atoms with Crippen LogP contribution in [0.1, 0.15) is 9.68 Å². The Morgan fingerprint density at radius 1 is 0.793 bits per heavy atom. The number of benzene rings is 4. The molecule has 142 valence electrons. The van der Waals surface area contributed by atoms with Crippen LogP contribution in [0.5, 0.6) is 0 Å². The zero-order valence-corrected chi connectivity index (χ0v) is 16.7. The number of hydrogen-bond donors (Lipinski definition) is 0. The Labute approximate surface area is 183 Å². The summed E-state index contributed by atoms with van der Waals surface area (Å²) in [7, 11) is 0. The van der Waals surface area contributed by atoms with Gasteiger partial charge in [0.2, 0.25) is 0 Å². The lowest BCUT2D eigenvalue weighted by molar-refractivity contribution is 0.619. The van der Waals surface area contributed by atoms with Gasteiger partial charge in [-0.05, 0) is 48.1 Å². The Hall–Kier alpha value is -2.94. The molecule has 0 N–H and O–H groups in total. The summed E-state index contributed by atoms with van der Waals surface area (Å²) in [5.74, 6) is 0. The molecule has 0 bridgehead atoms. The van der Waals surface area contributed by atoms with E-state index in [1.165, 1.54) is 0 Å². The molecule has 0 radical (unpaired) electrons. The molecule has 1 heterocycles. The summed E-state index contributed by atoms with van der Waals surface area (Å²) in [6, 6.07) is 24.2. The molecule has 0 saturated carbocycles. The van der Waals surface area contributed by atoms with E-state index in [0.29, 0.717) is 37.8 Å². The number of nitrogens with zero attached hydrogens (tertiary/aromatic N) is 1. The van der Waals surface area contributed by atoms with Crippen molar-refractivity contribution in [1.82, 2.24) is 0 Å². The van der Waals surface area contributed by atoms with Crippen LogP contribution in [-0.4, -0.2) is 0 Å². The van der Waals surface area contributed by atoms with Gasteiger partial charge in [-0.15, -0.1) is 0 Å². The molecule has 29 heavy (non-hydrogen) atoms. The normalized spacial score (nSPS) is 13.2. The van der Waals surface area contributed by atoms with Gasteiger partial charge in [0.25, 0.3) is 0 Å². The minimum atomic E-state index is -2.28. The van der Waals surface area contributed by atoms with Crippen molar-refractivity contribution >= 4 is 62.0 Å². The highest BCUT2D eigenvalue weighted by Gasteiger charge is 2.22. The summed E-state index contributed by atoms with van der Waals surface area (Å²) in [5.41, 5.74) is 3.06. The minimum Gasteiger partial charge on any atom is -0.461 e. The Morgan fingerprint density at radius 2 is 1.55 bits per heavy atom. The molecule has 0 aliphatic heterocycles. The van der Waals surface area contributed by atoms with Gasteiger partial charge in [0.05, 0.1) is 21.4 Å². The van der Waals surface area contributed by atoms with Crippen molar-refractivity contribution in [2.45, 2.75) is 6.85 Å². The van der Waals surface area contributed by atoms with Crippen LogP contribution in [0.3, 0.4) is 0 Å². The van der Waals surface area contributed by atoms with Crippen molar-refractivity contribution < 1.29 is 8.53 Å². The monoisotopic (exact) mass is 420 g/mol. The Bertz CT molecular complexity index is 1440. The second kappa shape index (κ2) is 7.14. The van der Waals surface area contributed by atoms with Gasteiger partial charge in [0, 0.05) is 20.6 Å². The summed E-state index contributed by atoms with van der Waals surface area (Å²) < 4.78 is 30.3. The van der Waals surface area contributed by atoms with Crippen molar-refractivity contribution in [3.63, 3.8) is 0 Å². The fourth-order valence-corrected chi connectivity index (χ4v) is 4.05. The first-order valence-corrected chi connectivity index (χ1v) is 9.84. The molecule has 0 saturated heterocycles. The van der Waals surface area contributed by atoms with Crippen LogP contribution in [0.2, 0.25) is 10.0 Å². The Balaban J connectivity index is 1.87. The van der Waals surface area contributed by atoms with E-state index in [1.807, 2.05) is 71.6 Å². The SMILES string of the molecule is [2H]C([2H])([2H])c1cc2c(N(c3ccccc3)c3cccc(Cl)c3Cl)coc2c2ccccc12. The quantitative estimate of drug-likeness (QED) is 0.290. The van der Waals surface area contributed by atoms with Crippen LogP contribution >= 0.6 is 23.2 Å². The van der Waals surface area contributed by atoms with Crippen molar-refractivity contribution in [1.29, 1.82) is 0 Å². The number of halogens is 2. The number of hydrogen-bond acceptors (Lipinski definition) is 2. The van der Waals surface area contributed by atoms with Gasteiger partial charge >= 0.3 is 0 Å². The summed E-state index contributed by atoms with van der Waals surface area (Å²) in [6.07, 6.45) is 1.63. The molecule has 2 nitrogen and oxygen atoms in total. The van der Waals surface area contributed by atoms with Crippen LogP contribution in [0.15, 0.2) is 89.5 Å². The fourth-order valence-electron chi connectivity index (χ4n) is 3.67. The molecular formula is C25H17Cl2NO. The van der Waals surface area contributed by atoms with Gasteiger partial charge in [-0.2, -0.15) is 0 Å². The van der Waals surface area contributed by atoms with Gasteiger partial charge in [0.1, 0.15) is 11.8 Å². The number of aryl methyl sites for hydroxylation is 1. The molecule has 0 aliphatic rings. The summed E-state index contributed by atoms with van der Waals surface area (Å²) in [4.78, 5) is 1.93. The van der Waals surface area contributed by atoms with Gasteiger partial charge in [-0.3, -0.25) is 0 Å².